The van der Waals surface area contributed by atoms with E-state index in [9.17, 15) is 12.8 Å². The van der Waals surface area contributed by atoms with Crippen LogP contribution >= 0.6 is 0 Å². The Labute approximate surface area is 88.8 Å². The molecule has 0 aromatic heterocycles. The van der Waals surface area contributed by atoms with Crippen LogP contribution in [0.25, 0.3) is 0 Å². The molecule has 0 unspecified atom stereocenters. The number of hydrogen-bond acceptors (Lipinski definition) is 3. The molecule has 0 N–H and O–H groups in total. The number of hydrogen-bond donors (Lipinski definition) is 0. The van der Waals surface area contributed by atoms with Crippen LogP contribution < -0.4 is 4.74 Å². The zero-order chi connectivity index (χ0) is 11.3. The van der Waals surface area contributed by atoms with Crippen molar-refractivity contribution < 1.29 is 17.5 Å². The van der Waals surface area contributed by atoms with Crippen molar-refractivity contribution in [1.29, 1.82) is 0 Å². The molecule has 5 heteroatoms. The van der Waals surface area contributed by atoms with E-state index >= 15 is 0 Å². The first-order valence-electron chi connectivity index (χ1n) is 4.53. The maximum absolute atomic E-state index is 12.7. The number of benzene rings is 1. The van der Waals surface area contributed by atoms with Crippen LogP contribution in [0.2, 0.25) is 0 Å². The van der Waals surface area contributed by atoms with Crippen molar-refractivity contribution in [2.45, 2.75) is 6.42 Å². The number of sulfone groups is 1. The van der Waals surface area contributed by atoms with E-state index < -0.39 is 9.84 Å². The van der Waals surface area contributed by atoms with Crippen LogP contribution in [0.1, 0.15) is 6.42 Å². The van der Waals surface area contributed by atoms with Gasteiger partial charge in [0.25, 0.3) is 0 Å². The van der Waals surface area contributed by atoms with Crippen molar-refractivity contribution in [3.05, 3.63) is 30.1 Å². The van der Waals surface area contributed by atoms with E-state index in [0.29, 0.717) is 12.2 Å². The Balaban J connectivity index is 2.32. The maximum Gasteiger partial charge on any atom is 0.147 e. The summed E-state index contributed by atoms with van der Waals surface area (Å²) < 4.78 is 39.4. The average molecular weight is 232 g/mol. The summed E-state index contributed by atoms with van der Waals surface area (Å²) in [6.07, 6.45) is 1.59. The van der Waals surface area contributed by atoms with E-state index in [2.05, 4.69) is 0 Å². The highest BCUT2D eigenvalue weighted by atomic mass is 32.2. The number of halogens is 1. The van der Waals surface area contributed by atoms with Crippen LogP contribution in [-0.2, 0) is 9.84 Å². The summed E-state index contributed by atoms with van der Waals surface area (Å²) in [7, 11) is -2.94. The molecule has 15 heavy (non-hydrogen) atoms. The number of rotatable bonds is 5. The third-order valence-electron chi connectivity index (χ3n) is 1.72. The second-order valence-electron chi connectivity index (χ2n) is 3.29. The van der Waals surface area contributed by atoms with Gasteiger partial charge in [-0.25, -0.2) is 12.8 Å². The van der Waals surface area contributed by atoms with Crippen molar-refractivity contribution >= 4 is 9.84 Å². The molecule has 0 saturated heterocycles. The molecule has 1 rings (SSSR count). The minimum Gasteiger partial charge on any atom is -0.493 e. The molecule has 0 radical (unpaired) electrons. The minimum atomic E-state index is -2.94. The van der Waals surface area contributed by atoms with Crippen molar-refractivity contribution in [3.63, 3.8) is 0 Å². The van der Waals surface area contributed by atoms with Gasteiger partial charge in [-0.1, -0.05) is 6.07 Å². The van der Waals surface area contributed by atoms with Crippen molar-refractivity contribution in [3.8, 4) is 5.75 Å². The molecule has 84 valence electrons. The van der Waals surface area contributed by atoms with E-state index in [-0.39, 0.29) is 18.2 Å². The van der Waals surface area contributed by atoms with Gasteiger partial charge in [-0.3, -0.25) is 0 Å². The van der Waals surface area contributed by atoms with Crippen LogP contribution in [0.3, 0.4) is 0 Å². The van der Waals surface area contributed by atoms with Crippen LogP contribution in [0.5, 0.6) is 5.75 Å². The van der Waals surface area contributed by atoms with E-state index in [1.807, 2.05) is 0 Å². The molecule has 3 nitrogen and oxygen atoms in total. The molecule has 0 atom stereocenters. The second-order valence-corrected chi connectivity index (χ2v) is 5.55. The minimum absolute atomic E-state index is 0.0856. The predicted molar refractivity (Wildman–Crippen MR) is 56.2 cm³/mol. The topological polar surface area (TPSA) is 43.4 Å². The molecule has 0 aliphatic heterocycles. The Hall–Kier alpha value is -1.10. The van der Waals surface area contributed by atoms with Gasteiger partial charge in [0, 0.05) is 12.3 Å². The van der Waals surface area contributed by atoms with E-state index in [0.717, 1.165) is 0 Å². The van der Waals surface area contributed by atoms with Crippen molar-refractivity contribution in [2.75, 3.05) is 18.6 Å². The van der Waals surface area contributed by atoms with Gasteiger partial charge in [0.2, 0.25) is 0 Å². The molecule has 0 heterocycles. The van der Waals surface area contributed by atoms with Gasteiger partial charge in [0.15, 0.2) is 0 Å². The van der Waals surface area contributed by atoms with E-state index in [4.69, 9.17) is 4.74 Å². The molecular weight excluding hydrogens is 219 g/mol. The van der Waals surface area contributed by atoms with Gasteiger partial charge in [-0.2, -0.15) is 0 Å². The van der Waals surface area contributed by atoms with Crippen LogP contribution in [0, 0.1) is 5.82 Å². The average Bonchev–Trinajstić information content (AvgIpc) is 2.11. The highest BCUT2D eigenvalue weighted by Gasteiger charge is 2.02. The molecule has 0 saturated carbocycles. The lowest BCUT2D eigenvalue weighted by Gasteiger charge is -2.05. The lowest BCUT2D eigenvalue weighted by Crippen LogP contribution is -2.07. The van der Waals surface area contributed by atoms with Gasteiger partial charge in [-0.15, -0.1) is 0 Å². The molecule has 0 aliphatic rings. The lowest BCUT2D eigenvalue weighted by atomic mass is 10.3. The molecule has 1 aromatic carbocycles. The third-order valence-corrected chi connectivity index (χ3v) is 2.75. The predicted octanol–water partition coefficient (Wildman–Crippen LogP) is 1.64. The first kappa shape index (κ1) is 12.0. The zero-order valence-electron chi connectivity index (χ0n) is 8.44. The first-order valence-corrected chi connectivity index (χ1v) is 6.59. The van der Waals surface area contributed by atoms with Crippen LogP contribution in [0.15, 0.2) is 24.3 Å². The molecule has 0 aliphatic carbocycles. The fourth-order valence-electron chi connectivity index (χ4n) is 1.07. The summed E-state index contributed by atoms with van der Waals surface area (Å²) in [6.45, 7) is 0.274. The Morgan fingerprint density at radius 3 is 2.73 bits per heavy atom. The Kier molecular flexibility index (Phi) is 4.08. The van der Waals surface area contributed by atoms with Crippen LogP contribution in [-0.4, -0.2) is 27.0 Å². The number of ether oxygens (including phenoxy) is 1. The standard InChI is InChI=1S/C10H13FO3S/c1-15(12,13)7-3-6-14-10-5-2-4-9(11)8-10/h2,4-5,8H,3,6-7H2,1H3. The monoisotopic (exact) mass is 232 g/mol. The lowest BCUT2D eigenvalue weighted by molar-refractivity contribution is 0.316. The molecule has 1 aromatic rings. The summed E-state index contributed by atoms with van der Waals surface area (Å²) in [6, 6.07) is 5.76. The van der Waals surface area contributed by atoms with Gasteiger partial charge in [0.1, 0.15) is 21.4 Å². The normalized spacial score (nSPS) is 11.3. The molecule has 0 amide bonds. The Bertz CT molecular complexity index is 414. The summed E-state index contributed by atoms with van der Waals surface area (Å²) in [5.74, 6) is 0.140. The Morgan fingerprint density at radius 1 is 1.40 bits per heavy atom. The van der Waals surface area contributed by atoms with Gasteiger partial charge < -0.3 is 4.74 Å². The van der Waals surface area contributed by atoms with E-state index in [1.165, 1.54) is 18.4 Å². The van der Waals surface area contributed by atoms with Crippen LogP contribution in [0.4, 0.5) is 4.39 Å². The summed E-state index contributed by atoms with van der Waals surface area (Å²) in [5.41, 5.74) is 0. The fraction of sp³-hybridized carbons (Fsp3) is 0.400. The molecular formula is C10H13FO3S. The third kappa shape index (κ3) is 5.37. The molecule has 0 bridgehead atoms. The zero-order valence-corrected chi connectivity index (χ0v) is 9.26. The van der Waals surface area contributed by atoms with Gasteiger partial charge >= 0.3 is 0 Å². The quantitative estimate of drug-likeness (QED) is 0.725. The summed E-state index contributed by atoms with van der Waals surface area (Å²) >= 11 is 0. The summed E-state index contributed by atoms with van der Waals surface area (Å²) in [4.78, 5) is 0. The first-order chi connectivity index (χ1) is 6.97. The smallest absolute Gasteiger partial charge is 0.147 e. The largest absolute Gasteiger partial charge is 0.493 e. The fourth-order valence-corrected chi connectivity index (χ4v) is 1.71. The second kappa shape index (κ2) is 5.11. The van der Waals surface area contributed by atoms with Crippen molar-refractivity contribution in [1.82, 2.24) is 0 Å². The molecule has 0 spiro atoms. The summed E-state index contributed by atoms with van der Waals surface area (Å²) in [5, 5.41) is 0. The Morgan fingerprint density at radius 2 is 2.13 bits per heavy atom. The van der Waals surface area contributed by atoms with E-state index in [1.54, 1.807) is 12.1 Å². The highest BCUT2D eigenvalue weighted by Crippen LogP contribution is 2.11. The van der Waals surface area contributed by atoms with Gasteiger partial charge in [0.05, 0.1) is 12.4 Å². The van der Waals surface area contributed by atoms with Gasteiger partial charge in [-0.05, 0) is 18.6 Å². The SMILES string of the molecule is CS(=O)(=O)CCCOc1cccc(F)c1. The van der Waals surface area contributed by atoms with Crippen molar-refractivity contribution in [2.24, 2.45) is 0 Å². The highest BCUT2D eigenvalue weighted by molar-refractivity contribution is 7.90. The molecule has 0 fully saturated rings. The maximum atomic E-state index is 12.7.